The second-order valence-corrected chi connectivity index (χ2v) is 10.9. The van der Waals surface area contributed by atoms with Crippen LogP contribution in [-0.4, -0.2) is 36.3 Å². The van der Waals surface area contributed by atoms with Crippen LogP contribution in [0.25, 0.3) is 0 Å². The SMILES string of the molecule is CC(C)C[C@H](NP(=O)([O-])CNC(=O)OCc1ccccc1)C(=O)N[C@H](C(=O)[O-])C(C)(C)C.[Li+].[Li+]. The van der Waals surface area contributed by atoms with Crippen LogP contribution in [0.1, 0.15) is 46.6 Å². The van der Waals surface area contributed by atoms with E-state index in [4.69, 9.17) is 4.74 Å². The Morgan fingerprint density at radius 2 is 1.65 bits per heavy atom. The van der Waals surface area contributed by atoms with Gasteiger partial charge in [-0.3, -0.25) is 9.88 Å². The maximum absolute atomic E-state index is 12.7. The molecule has 3 N–H and O–H groups in total. The maximum Gasteiger partial charge on any atom is 1.00 e. The predicted molar refractivity (Wildman–Crippen MR) is 115 cm³/mol. The van der Waals surface area contributed by atoms with E-state index < -0.39 is 49.3 Å². The number of carboxylic acid groups (broad SMARTS) is 1. The molecule has 1 unspecified atom stereocenters. The minimum Gasteiger partial charge on any atom is -0.787 e. The molecule has 0 bridgehead atoms. The van der Waals surface area contributed by atoms with E-state index in [0.29, 0.717) is 0 Å². The summed E-state index contributed by atoms with van der Waals surface area (Å²) in [6, 6.07) is 6.32. The van der Waals surface area contributed by atoms with Crippen molar-refractivity contribution in [2.75, 3.05) is 6.29 Å². The number of nitrogens with one attached hydrogen (secondary N) is 3. The van der Waals surface area contributed by atoms with Gasteiger partial charge in [0.2, 0.25) is 5.91 Å². The number of carbonyl (C=O) groups excluding carboxylic acids is 3. The zero-order valence-electron chi connectivity index (χ0n) is 21.0. The minimum atomic E-state index is -4.45. The Hall–Kier alpha value is -1.23. The van der Waals surface area contributed by atoms with E-state index >= 15 is 0 Å². The van der Waals surface area contributed by atoms with Crippen molar-refractivity contribution < 1.29 is 71.4 Å². The predicted octanol–water partition coefficient (Wildman–Crippen LogP) is -5.28. The molecule has 0 aliphatic rings. The molecule has 0 aromatic heterocycles. The molecule has 13 heteroatoms. The van der Waals surface area contributed by atoms with Crippen molar-refractivity contribution in [3.05, 3.63) is 35.9 Å². The summed E-state index contributed by atoms with van der Waals surface area (Å²) in [7, 11) is -4.45. The molecule has 1 aromatic carbocycles. The molecule has 180 valence electrons. The summed E-state index contributed by atoms with van der Waals surface area (Å²) in [5.74, 6) is -2.33. The fraction of sp³-hybridized carbons (Fsp3) is 0.571. The molecule has 0 radical (unpaired) electrons. The first-order valence-corrected chi connectivity index (χ1v) is 12.1. The van der Waals surface area contributed by atoms with Gasteiger partial charge in [0.05, 0.1) is 31.9 Å². The summed E-state index contributed by atoms with van der Waals surface area (Å²) in [6.07, 6.45) is -1.59. The molecular weight excluding hydrogens is 451 g/mol. The van der Waals surface area contributed by atoms with E-state index in [1.165, 1.54) is 0 Å². The van der Waals surface area contributed by atoms with Crippen LogP contribution >= 0.6 is 7.52 Å². The number of rotatable bonds is 11. The van der Waals surface area contributed by atoms with Gasteiger partial charge in [-0.2, -0.15) is 0 Å². The van der Waals surface area contributed by atoms with Crippen LogP contribution in [0.15, 0.2) is 30.3 Å². The van der Waals surface area contributed by atoms with Crippen LogP contribution in [0.4, 0.5) is 4.79 Å². The molecule has 2 amide bonds. The number of alkyl carbamates (subject to hydrolysis) is 1. The molecule has 1 aromatic rings. The Kier molecular flexibility index (Phi) is 16.1. The number of carbonyl (C=O) groups is 3. The average molecular weight is 483 g/mol. The average Bonchev–Trinajstić information content (AvgIpc) is 2.67. The Bertz CT molecular complexity index is 835. The van der Waals surface area contributed by atoms with Gasteiger partial charge in [0.25, 0.3) is 0 Å². The van der Waals surface area contributed by atoms with Crippen molar-refractivity contribution in [1.29, 1.82) is 0 Å². The van der Waals surface area contributed by atoms with Crippen molar-refractivity contribution in [3.8, 4) is 0 Å². The number of aliphatic carboxylic acids is 1. The molecular formula is C21H32Li2N3O7P. The van der Waals surface area contributed by atoms with Gasteiger partial charge in [0.1, 0.15) is 6.61 Å². The summed E-state index contributed by atoms with van der Waals surface area (Å²) in [5.41, 5.74) is -0.108. The molecule has 34 heavy (non-hydrogen) atoms. The van der Waals surface area contributed by atoms with E-state index in [-0.39, 0.29) is 56.7 Å². The van der Waals surface area contributed by atoms with Crippen LogP contribution in [0.3, 0.4) is 0 Å². The first-order chi connectivity index (χ1) is 14.7. The minimum absolute atomic E-state index is 0. The molecule has 0 heterocycles. The van der Waals surface area contributed by atoms with Crippen molar-refractivity contribution in [1.82, 2.24) is 15.7 Å². The number of hydrogen-bond acceptors (Lipinski definition) is 7. The molecule has 0 saturated heterocycles. The van der Waals surface area contributed by atoms with Crippen molar-refractivity contribution in [2.24, 2.45) is 11.3 Å². The topological polar surface area (TPSA) is 160 Å². The standard InChI is InChI=1S/C21H34N3O7P.2Li/c1-14(2)11-16(18(25)23-17(19(26)27)21(3,4)5)24-32(29,30)13-22-20(28)31-12-15-9-7-6-8-10-15;;/h6-10,14,16-17H,11-13H2,1-5H3,(H,22,28)(H,23,25)(H,26,27)(H2,24,29,30);;/q;2*+1/p-2/t16-,17+;;/m0../s1. The molecule has 1 rings (SSSR count). The molecule has 0 fully saturated rings. The van der Waals surface area contributed by atoms with E-state index in [9.17, 15) is 28.9 Å². The van der Waals surface area contributed by atoms with Gasteiger partial charge < -0.3 is 34.7 Å². The molecule has 3 atom stereocenters. The Labute approximate surface area is 225 Å². The van der Waals surface area contributed by atoms with E-state index in [0.717, 1.165) is 5.56 Å². The van der Waals surface area contributed by atoms with Gasteiger partial charge in [0.15, 0.2) is 0 Å². The summed E-state index contributed by atoms with van der Waals surface area (Å²) in [5, 5.41) is 18.2. The monoisotopic (exact) mass is 483 g/mol. The fourth-order valence-corrected chi connectivity index (χ4v) is 3.91. The van der Waals surface area contributed by atoms with Gasteiger partial charge in [-0.15, -0.1) is 0 Å². The zero-order valence-corrected chi connectivity index (χ0v) is 21.9. The van der Waals surface area contributed by atoms with Crippen LogP contribution < -0.4 is 63.4 Å². The van der Waals surface area contributed by atoms with Gasteiger partial charge in [-0.1, -0.05) is 65.0 Å². The summed E-state index contributed by atoms with van der Waals surface area (Å²) in [4.78, 5) is 48.4. The Morgan fingerprint density at radius 1 is 1.09 bits per heavy atom. The number of benzene rings is 1. The first kappa shape index (κ1) is 34.9. The third-order valence-corrected chi connectivity index (χ3v) is 5.69. The third-order valence-electron chi connectivity index (χ3n) is 4.41. The zero-order chi connectivity index (χ0) is 24.5. The van der Waals surface area contributed by atoms with E-state index in [1.807, 2.05) is 6.07 Å². The summed E-state index contributed by atoms with van der Waals surface area (Å²) < 4.78 is 17.4. The summed E-state index contributed by atoms with van der Waals surface area (Å²) >= 11 is 0. The van der Waals surface area contributed by atoms with Crippen molar-refractivity contribution >= 4 is 25.5 Å². The van der Waals surface area contributed by atoms with Crippen LogP contribution in [0.5, 0.6) is 0 Å². The summed E-state index contributed by atoms with van der Waals surface area (Å²) in [6.45, 7) is 8.39. The molecule has 0 saturated carbocycles. The molecule has 0 aliphatic carbocycles. The van der Waals surface area contributed by atoms with Crippen LogP contribution in [-0.2, 0) is 25.5 Å². The van der Waals surface area contributed by atoms with Crippen LogP contribution in [0, 0.1) is 11.3 Å². The molecule has 0 aliphatic heterocycles. The molecule has 10 nitrogen and oxygen atoms in total. The molecule has 0 spiro atoms. The number of amides is 2. The maximum atomic E-state index is 12.7. The second-order valence-electron chi connectivity index (χ2n) is 9.01. The smallest absolute Gasteiger partial charge is 0.787 e. The second kappa shape index (κ2) is 15.7. The number of carboxylic acids is 1. The van der Waals surface area contributed by atoms with Gasteiger partial charge >= 0.3 is 43.8 Å². The Morgan fingerprint density at radius 3 is 2.12 bits per heavy atom. The third kappa shape index (κ3) is 13.6. The van der Waals surface area contributed by atoms with E-state index in [1.54, 1.807) is 58.9 Å². The first-order valence-electron chi connectivity index (χ1n) is 10.2. The van der Waals surface area contributed by atoms with Crippen molar-refractivity contribution in [2.45, 2.75) is 59.7 Å². The quantitative estimate of drug-likeness (QED) is 0.208. The van der Waals surface area contributed by atoms with Crippen LogP contribution in [0.2, 0.25) is 0 Å². The fourth-order valence-electron chi connectivity index (χ4n) is 2.79. The largest absolute Gasteiger partial charge is 1.00 e. The number of hydrogen-bond donors (Lipinski definition) is 3. The van der Waals surface area contributed by atoms with Gasteiger partial charge in [-0.05, 0) is 23.3 Å². The van der Waals surface area contributed by atoms with Crippen molar-refractivity contribution in [3.63, 3.8) is 0 Å². The van der Waals surface area contributed by atoms with E-state index in [2.05, 4.69) is 15.7 Å². The van der Waals surface area contributed by atoms with Gasteiger partial charge in [0, 0.05) is 0 Å². The van der Waals surface area contributed by atoms with Gasteiger partial charge in [-0.25, -0.2) is 4.79 Å². The number of ether oxygens (including phenoxy) is 1. The normalized spacial score (nSPS) is 14.4. The Balaban J connectivity index is 0.